The number of thioether (sulfide) groups is 1. The number of nitrogens with one attached hydrogen (secondary N) is 1. The lowest BCUT2D eigenvalue weighted by molar-refractivity contribution is -0.384. The average molecular weight is 400 g/mol. The molecule has 2 aromatic heterocycles. The number of furan rings is 1. The van der Waals surface area contributed by atoms with E-state index in [0.29, 0.717) is 17.8 Å². The van der Waals surface area contributed by atoms with Crippen molar-refractivity contribution in [3.8, 4) is 11.3 Å². The molecule has 0 aliphatic rings. The maximum Gasteiger partial charge on any atom is 0.342 e. The predicted molar refractivity (Wildman–Crippen MR) is 103 cm³/mol. The minimum atomic E-state index is -1.16. The number of aliphatic carboxylic acids is 1. The largest absolute Gasteiger partial charge is 0.477 e. The van der Waals surface area contributed by atoms with Crippen LogP contribution in [0, 0.1) is 17.0 Å². The van der Waals surface area contributed by atoms with Gasteiger partial charge >= 0.3 is 5.97 Å². The van der Waals surface area contributed by atoms with Gasteiger partial charge in [-0.3, -0.25) is 15.2 Å². The fourth-order valence-corrected chi connectivity index (χ4v) is 3.13. The molecule has 0 aliphatic heterocycles. The Kier molecular flexibility index (Phi) is 5.59. The summed E-state index contributed by atoms with van der Waals surface area (Å²) < 4.78 is 5.64. The molecule has 3 rings (SSSR count). The van der Waals surface area contributed by atoms with Gasteiger partial charge in [0.25, 0.3) is 5.69 Å². The zero-order valence-electron chi connectivity index (χ0n) is 15.0. The Morgan fingerprint density at radius 3 is 2.82 bits per heavy atom. The summed E-state index contributed by atoms with van der Waals surface area (Å²) in [5.41, 5.74) is 0.997. The van der Waals surface area contributed by atoms with Crippen molar-refractivity contribution in [2.75, 3.05) is 0 Å². The van der Waals surface area contributed by atoms with E-state index in [2.05, 4.69) is 15.2 Å². The highest BCUT2D eigenvalue weighted by atomic mass is 32.2. The molecule has 0 unspecified atom stereocenters. The number of aromatic nitrogens is 3. The second kappa shape index (κ2) is 8.09. The van der Waals surface area contributed by atoms with Crippen molar-refractivity contribution in [3.05, 3.63) is 62.5 Å². The number of nitro benzene ring substituents is 1. The van der Waals surface area contributed by atoms with Crippen LogP contribution in [-0.2, 0) is 11.2 Å². The van der Waals surface area contributed by atoms with Gasteiger partial charge in [-0.05, 0) is 42.4 Å². The van der Waals surface area contributed by atoms with E-state index in [9.17, 15) is 20.0 Å². The van der Waals surface area contributed by atoms with Crippen LogP contribution < -0.4 is 0 Å². The zero-order chi connectivity index (χ0) is 20.3. The van der Waals surface area contributed by atoms with Gasteiger partial charge in [-0.2, -0.15) is 0 Å². The molecule has 0 fully saturated rings. The number of carbonyl (C=O) groups is 1. The normalized spacial score (nSPS) is 11.6. The Morgan fingerprint density at radius 1 is 1.39 bits per heavy atom. The molecule has 0 aliphatic carbocycles. The van der Waals surface area contributed by atoms with E-state index < -0.39 is 10.9 Å². The average Bonchev–Trinajstić information content (AvgIpc) is 3.30. The summed E-state index contributed by atoms with van der Waals surface area (Å²) in [6.07, 6.45) is 1.98. The standard InChI is InChI=1S/C18H16N4O5S/c1-3-16-19-18(21-20-16)28-15(17(23)24)9-11-5-7-14(27-11)12-6-4-10(2)8-13(12)22(25)26/h4-9H,3H2,1-2H3,(H,23,24)(H,19,20,21)/b15-9+. The monoisotopic (exact) mass is 400 g/mol. The number of carboxylic acid groups (broad SMARTS) is 1. The van der Waals surface area contributed by atoms with Crippen LogP contribution in [0.2, 0.25) is 0 Å². The first-order chi connectivity index (χ1) is 13.4. The summed E-state index contributed by atoms with van der Waals surface area (Å²) in [7, 11) is 0. The summed E-state index contributed by atoms with van der Waals surface area (Å²) in [6.45, 7) is 3.66. The quantitative estimate of drug-likeness (QED) is 0.262. The summed E-state index contributed by atoms with van der Waals surface area (Å²) in [5, 5.41) is 27.7. The number of hydrogen-bond donors (Lipinski definition) is 2. The maximum absolute atomic E-state index is 11.6. The Bertz CT molecular complexity index is 1070. The van der Waals surface area contributed by atoms with E-state index in [0.717, 1.165) is 17.3 Å². The number of hydrogen-bond acceptors (Lipinski definition) is 7. The number of carboxylic acids is 1. The number of aromatic amines is 1. The van der Waals surface area contributed by atoms with Crippen molar-refractivity contribution in [1.29, 1.82) is 0 Å². The lowest BCUT2D eigenvalue weighted by Crippen LogP contribution is -1.97. The van der Waals surface area contributed by atoms with Gasteiger partial charge < -0.3 is 9.52 Å². The van der Waals surface area contributed by atoms with Crippen molar-refractivity contribution in [3.63, 3.8) is 0 Å². The molecule has 0 amide bonds. The number of H-pyrrole nitrogens is 1. The van der Waals surface area contributed by atoms with Gasteiger partial charge in [0.15, 0.2) is 0 Å². The highest BCUT2D eigenvalue weighted by Crippen LogP contribution is 2.33. The SMILES string of the molecule is CCc1nc(S/C(=C/c2ccc(-c3ccc(C)cc3[N+](=O)[O-])o2)C(=O)O)n[nH]1. The number of nitro groups is 1. The molecular formula is C18H16N4O5S. The van der Waals surface area contributed by atoms with Gasteiger partial charge in [0.05, 0.1) is 10.5 Å². The Balaban J connectivity index is 1.91. The molecule has 144 valence electrons. The Morgan fingerprint density at radius 2 is 2.18 bits per heavy atom. The third-order valence-corrected chi connectivity index (χ3v) is 4.65. The zero-order valence-corrected chi connectivity index (χ0v) is 15.8. The number of benzene rings is 1. The molecule has 28 heavy (non-hydrogen) atoms. The first-order valence-electron chi connectivity index (χ1n) is 8.26. The van der Waals surface area contributed by atoms with Crippen LogP contribution in [0.15, 0.2) is 44.8 Å². The van der Waals surface area contributed by atoms with Gasteiger partial charge in [0, 0.05) is 18.6 Å². The fourth-order valence-electron chi connectivity index (χ4n) is 2.42. The first kappa shape index (κ1) is 19.4. The highest BCUT2D eigenvalue weighted by Gasteiger charge is 2.19. The third-order valence-electron chi connectivity index (χ3n) is 3.77. The van der Waals surface area contributed by atoms with Crippen LogP contribution in [0.3, 0.4) is 0 Å². The molecule has 2 N–H and O–H groups in total. The predicted octanol–water partition coefficient (Wildman–Crippen LogP) is 4.06. The van der Waals surface area contributed by atoms with Crippen molar-refractivity contribution in [2.24, 2.45) is 0 Å². The summed E-state index contributed by atoms with van der Waals surface area (Å²) in [4.78, 5) is 26.5. The molecule has 0 saturated heterocycles. The molecule has 3 aromatic rings. The summed E-state index contributed by atoms with van der Waals surface area (Å²) >= 11 is 0.883. The number of aryl methyl sites for hydroxylation is 2. The van der Waals surface area contributed by atoms with Crippen LogP contribution in [0.1, 0.15) is 24.1 Å². The fraction of sp³-hybridized carbons (Fsp3) is 0.167. The van der Waals surface area contributed by atoms with Gasteiger partial charge in [-0.15, -0.1) is 5.10 Å². The van der Waals surface area contributed by atoms with E-state index in [1.807, 2.05) is 6.92 Å². The molecule has 9 nitrogen and oxygen atoms in total. The minimum Gasteiger partial charge on any atom is -0.477 e. The number of rotatable bonds is 7. The van der Waals surface area contributed by atoms with Gasteiger partial charge in [-0.25, -0.2) is 9.78 Å². The molecule has 0 saturated carbocycles. The Hall–Kier alpha value is -3.40. The third kappa shape index (κ3) is 4.29. The van der Waals surface area contributed by atoms with Crippen LogP contribution >= 0.6 is 11.8 Å². The van der Waals surface area contributed by atoms with Crippen molar-refractivity contribution < 1.29 is 19.2 Å². The smallest absolute Gasteiger partial charge is 0.342 e. The van der Waals surface area contributed by atoms with Crippen LogP contribution in [0.25, 0.3) is 17.4 Å². The van der Waals surface area contributed by atoms with Gasteiger partial charge in [0.1, 0.15) is 22.3 Å². The lowest BCUT2D eigenvalue weighted by atomic mass is 10.1. The molecule has 1 aromatic carbocycles. The van der Waals surface area contributed by atoms with Crippen molar-refractivity contribution in [1.82, 2.24) is 15.2 Å². The lowest BCUT2D eigenvalue weighted by Gasteiger charge is -2.01. The van der Waals surface area contributed by atoms with E-state index in [1.54, 1.807) is 31.2 Å². The summed E-state index contributed by atoms with van der Waals surface area (Å²) in [5.74, 6) is 0.0196. The molecule has 0 bridgehead atoms. The Labute approximate surface area is 163 Å². The van der Waals surface area contributed by atoms with Crippen LogP contribution in [0.4, 0.5) is 5.69 Å². The van der Waals surface area contributed by atoms with E-state index in [4.69, 9.17) is 4.42 Å². The minimum absolute atomic E-state index is 0.0408. The van der Waals surface area contributed by atoms with E-state index in [1.165, 1.54) is 12.1 Å². The first-order valence-corrected chi connectivity index (χ1v) is 9.08. The molecule has 10 heteroatoms. The van der Waals surface area contributed by atoms with Crippen LogP contribution in [-0.4, -0.2) is 31.2 Å². The second-order valence-corrected chi connectivity index (χ2v) is 6.82. The highest BCUT2D eigenvalue weighted by molar-refractivity contribution is 8.04. The van der Waals surface area contributed by atoms with Gasteiger partial charge in [-0.1, -0.05) is 13.0 Å². The maximum atomic E-state index is 11.6. The molecule has 0 atom stereocenters. The molecule has 0 spiro atoms. The number of nitrogens with zero attached hydrogens (tertiary/aromatic N) is 3. The summed E-state index contributed by atoms with van der Waals surface area (Å²) in [6, 6.07) is 7.92. The van der Waals surface area contributed by atoms with E-state index >= 15 is 0 Å². The topological polar surface area (TPSA) is 135 Å². The second-order valence-electron chi connectivity index (χ2n) is 5.81. The van der Waals surface area contributed by atoms with Crippen LogP contribution in [0.5, 0.6) is 0 Å². The van der Waals surface area contributed by atoms with Crippen molar-refractivity contribution in [2.45, 2.75) is 25.4 Å². The van der Waals surface area contributed by atoms with Gasteiger partial charge in [0.2, 0.25) is 5.16 Å². The molecular weight excluding hydrogens is 384 g/mol. The molecule has 2 heterocycles. The van der Waals surface area contributed by atoms with Crippen molar-refractivity contribution >= 4 is 29.5 Å². The molecule has 0 radical (unpaired) electrons. The van der Waals surface area contributed by atoms with E-state index in [-0.39, 0.29) is 27.3 Å².